The Balaban J connectivity index is 2.42. The van der Waals surface area contributed by atoms with Crippen LogP contribution in [-0.2, 0) is 9.47 Å². The Morgan fingerprint density at radius 3 is 2.70 bits per heavy atom. The lowest BCUT2D eigenvalue weighted by Crippen LogP contribution is -2.11. The molecule has 0 amide bonds. The van der Waals surface area contributed by atoms with Gasteiger partial charge in [-0.1, -0.05) is 13.2 Å². The van der Waals surface area contributed by atoms with E-state index in [1.807, 2.05) is 6.92 Å². The minimum absolute atomic E-state index is 0.0583. The summed E-state index contributed by atoms with van der Waals surface area (Å²) in [7, 11) is 0. The maximum atomic E-state index is 5.33. The zero-order valence-corrected chi connectivity index (χ0v) is 6.17. The standard InChI is InChI=1S/C8H12O2/c1-4-8-9-5-7(10-8)6(2)3/h4,7-8H,1-2,5H2,3H3. The van der Waals surface area contributed by atoms with Crippen molar-refractivity contribution in [2.75, 3.05) is 6.61 Å². The molecule has 0 aromatic carbocycles. The minimum Gasteiger partial charge on any atom is -0.346 e. The van der Waals surface area contributed by atoms with Crippen molar-refractivity contribution in [1.29, 1.82) is 0 Å². The van der Waals surface area contributed by atoms with E-state index in [0.717, 1.165) is 5.57 Å². The molecular weight excluding hydrogens is 128 g/mol. The van der Waals surface area contributed by atoms with Crippen LogP contribution in [0, 0.1) is 0 Å². The van der Waals surface area contributed by atoms with Gasteiger partial charge >= 0.3 is 0 Å². The molecule has 1 saturated heterocycles. The molecule has 0 radical (unpaired) electrons. The van der Waals surface area contributed by atoms with Crippen LogP contribution >= 0.6 is 0 Å². The summed E-state index contributed by atoms with van der Waals surface area (Å²) in [4.78, 5) is 0. The van der Waals surface area contributed by atoms with Crippen molar-refractivity contribution in [3.8, 4) is 0 Å². The first-order valence-corrected chi connectivity index (χ1v) is 3.29. The molecule has 1 aliphatic rings. The quantitative estimate of drug-likeness (QED) is 0.541. The van der Waals surface area contributed by atoms with Gasteiger partial charge in [-0.25, -0.2) is 0 Å². The summed E-state index contributed by atoms with van der Waals surface area (Å²) >= 11 is 0. The molecule has 0 spiro atoms. The molecular formula is C8H12O2. The van der Waals surface area contributed by atoms with Gasteiger partial charge in [-0.15, -0.1) is 0 Å². The molecule has 0 aromatic heterocycles. The molecule has 10 heavy (non-hydrogen) atoms. The smallest absolute Gasteiger partial charge is 0.177 e. The van der Waals surface area contributed by atoms with Crippen LogP contribution in [0.25, 0.3) is 0 Å². The second kappa shape index (κ2) is 2.99. The van der Waals surface area contributed by atoms with Gasteiger partial charge in [0.05, 0.1) is 6.61 Å². The average molecular weight is 140 g/mol. The minimum atomic E-state index is -0.235. The van der Waals surface area contributed by atoms with Gasteiger partial charge in [0, 0.05) is 0 Å². The van der Waals surface area contributed by atoms with E-state index in [-0.39, 0.29) is 12.4 Å². The lowest BCUT2D eigenvalue weighted by atomic mass is 10.2. The molecule has 0 bridgehead atoms. The Bertz CT molecular complexity index is 151. The zero-order valence-electron chi connectivity index (χ0n) is 6.17. The van der Waals surface area contributed by atoms with Crippen molar-refractivity contribution in [2.45, 2.75) is 19.3 Å². The molecule has 2 atom stereocenters. The molecule has 2 heteroatoms. The molecule has 1 fully saturated rings. The summed E-state index contributed by atoms with van der Waals surface area (Å²) in [6, 6.07) is 0. The molecule has 0 aromatic rings. The van der Waals surface area contributed by atoms with E-state index >= 15 is 0 Å². The van der Waals surface area contributed by atoms with Crippen molar-refractivity contribution < 1.29 is 9.47 Å². The molecule has 0 N–H and O–H groups in total. The zero-order chi connectivity index (χ0) is 7.56. The fourth-order valence-electron chi connectivity index (χ4n) is 0.805. The predicted molar refractivity (Wildman–Crippen MR) is 39.6 cm³/mol. The third-order valence-corrected chi connectivity index (χ3v) is 1.45. The molecule has 2 nitrogen and oxygen atoms in total. The van der Waals surface area contributed by atoms with Crippen molar-refractivity contribution in [3.05, 3.63) is 24.8 Å². The first-order chi connectivity index (χ1) is 4.74. The van der Waals surface area contributed by atoms with Crippen molar-refractivity contribution in [1.82, 2.24) is 0 Å². The Morgan fingerprint density at radius 1 is 1.70 bits per heavy atom. The van der Waals surface area contributed by atoms with E-state index in [1.54, 1.807) is 6.08 Å². The molecule has 0 aliphatic carbocycles. The van der Waals surface area contributed by atoms with Gasteiger partial charge in [0.25, 0.3) is 0 Å². The van der Waals surface area contributed by atoms with Crippen LogP contribution in [0.5, 0.6) is 0 Å². The topological polar surface area (TPSA) is 18.5 Å². The Morgan fingerprint density at radius 2 is 2.40 bits per heavy atom. The first kappa shape index (κ1) is 7.51. The van der Waals surface area contributed by atoms with E-state index in [1.165, 1.54) is 0 Å². The highest BCUT2D eigenvalue weighted by Gasteiger charge is 2.23. The summed E-state index contributed by atoms with van der Waals surface area (Å²) in [5.41, 5.74) is 1.00. The van der Waals surface area contributed by atoms with Crippen molar-refractivity contribution >= 4 is 0 Å². The van der Waals surface area contributed by atoms with Crippen LogP contribution in [0.2, 0.25) is 0 Å². The summed E-state index contributed by atoms with van der Waals surface area (Å²) in [6.07, 6.45) is 1.47. The van der Waals surface area contributed by atoms with Crippen LogP contribution in [0.1, 0.15) is 6.92 Å². The number of ether oxygens (including phenoxy) is 2. The maximum Gasteiger partial charge on any atom is 0.177 e. The van der Waals surface area contributed by atoms with Gasteiger partial charge in [0.2, 0.25) is 0 Å². The lowest BCUT2D eigenvalue weighted by molar-refractivity contribution is -0.0130. The van der Waals surface area contributed by atoms with E-state index < -0.39 is 0 Å². The highest BCUT2D eigenvalue weighted by molar-refractivity contribution is 5.00. The summed E-state index contributed by atoms with van der Waals surface area (Å²) in [5, 5.41) is 0. The van der Waals surface area contributed by atoms with E-state index in [2.05, 4.69) is 13.2 Å². The highest BCUT2D eigenvalue weighted by Crippen LogP contribution is 2.16. The molecule has 2 unspecified atom stereocenters. The third-order valence-electron chi connectivity index (χ3n) is 1.45. The van der Waals surface area contributed by atoms with Crippen LogP contribution in [0.3, 0.4) is 0 Å². The van der Waals surface area contributed by atoms with Crippen molar-refractivity contribution in [2.24, 2.45) is 0 Å². The van der Waals surface area contributed by atoms with Crippen molar-refractivity contribution in [3.63, 3.8) is 0 Å². The molecule has 1 heterocycles. The van der Waals surface area contributed by atoms with Gasteiger partial charge in [-0.2, -0.15) is 0 Å². The predicted octanol–water partition coefficient (Wildman–Crippen LogP) is 1.49. The van der Waals surface area contributed by atoms with Crippen LogP contribution < -0.4 is 0 Å². The Hall–Kier alpha value is -0.600. The van der Waals surface area contributed by atoms with Gasteiger partial charge in [0.1, 0.15) is 6.10 Å². The first-order valence-electron chi connectivity index (χ1n) is 3.29. The SMILES string of the molecule is C=CC1OCC(C(=C)C)O1. The van der Waals surface area contributed by atoms with Gasteiger partial charge < -0.3 is 9.47 Å². The van der Waals surface area contributed by atoms with Crippen LogP contribution in [-0.4, -0.2) is 19.0 Å². The Kier molecular flexibility index (Phi) is 2.25. The summed E-state index contributed by atoms with van der Waals surface area (Å²) in [6.45, 7) is 9.86. The number of hydrogen-bond donors (Lipinski definition) is 0. The van der Waals surface area contributed by atoms with Gasteiger partial charge in [-0.05, 0) is 18.6 Å². The molecule has 0 saturated carbocycles. The fourth-order valence-corrected chi connectivity index (χ4v) is 0.805. The number of rotatable bonds is 2. The Labute approximate surface area is 61.1 Å². The second-order valence-electron chi connectivity index (χ2n) is 2.41. The van der Waals surface area contributed by atoms with E-state index in [0.29, 0.717) is 6.61 Å². The lowest BCUT2D eigenvalue weighted by Gasteiger charge is -2.06. The van der Waals surface area contributed by atoms with Crippen LogP contribution in [0.4, 0.5) is 0 Å². The highest BCUT2D eigenvalue weighted by atomic mass is 16.7. The second-order valence-corrected chi connectivity index (χ2v) is 2.41. The summed E-state index contributed by atoms with van der Waals surface area (Å²) < 4.78 is 10.5. The van der Waals surface area contributed by atoms with E-state index in [4.69, 9.17) is 9.47 Å². The third kappa shape index (κ3) is 1.46. The monoisotopic (exact) mass is 140 g/mol. The number of hydrogen-bond acceptors (Lipinski definition) is 2. The average Bonchev–Trinajstić information content (AvgIpc) is 2.34. The van der Waals surface area contributed by atoms with E-state index in [9.17, 15) is 0 Å². The molecule has 1 aliphatic heterocycles. The summed E-state index contributed by atoms with van der Waals surface area (Å²) in [5.74, 6) is 0. The normalized spacial score (nSPS) is 32.1. The fraction of sp³-hybridized carbons (Fsp3) is 0.500. The van der Waals surface area contributed by atoms with Gasteiger partial charge in [0.15, 0.2) is 6.29 Å². The largest absolute Gasteiger partial charge is 0.346 e. The molecule has 56 valence electrons. The maximum absolute atomic E-state index is 5.33. The van der Waals surface area contributed by atoms with Crippen LogP contribution in [0.15, 0.2) is 24.8 Å². The molecule has 1 rings (SSSR count). The van der Waals surface area contributed by atoms with Gasteiger partial charge in [-0.3, -0.25) is 0 Å².